The van der Waals surface area contributed by atoms with Gasteiger partial charge in [0.1, 0.15) is 5.75 Å². The van der Waals surface area contributed by atoms with Crippen LogP contribution in [0.5, 0.6) is 5.75 Å². The van der Waals surface area contributed by atoms with Crippen LogP contribution in [0.1, 0.15) is 23.2 Å². The minimum absolute atomic E-state index is 0.0994. The lowest BCUT2D eigenvalue weighted by molar-refractivity contribution is 0.0176. The van der Waals surface area contributed by atoms with E-state index in [1.165, 1.54) is 12.1 Å². The molecule has 1 aliphatic rings. The van der Waals surface area contributed by atoms with Crippen molar-refractivity contribution in [2.24, 2.45) is 0 Å². The smallest absolute Gasteiger partial charge is 0.255 e. The van der Waals surface area contributed by atoms with E-state index in [4.69, 9.17) is 16.3 Å². The Kier molecular flexibility index (Phi) is 3.54. The second kappa shape index (κ2) is 4.94. The standard InChI is InChI=1S/C12H14ClNO3/c1-17-9-5-8(6-9)14-12(16)10-3-2-7(13)4-11(10)15/h2-4,8-9,15H,5-6H2,1H3,(H,14,16). The average molecular weight is 256 g/mol. The highest BCUT2D eigenvalue weighted by Gasteiger charge is 2.30. The molecule has 2 N–H and O–H groups in total. The third-order valence-corrected chi connectivity index (χ3v) is 3.20. The summed E-state index contributed by atoms with van der Waals surface area (Å²) in [4.78, 5) is 11.8. The van der Waals surface area contributed by atoms with Crippen LogP contribution in [0.2, 0.25) is 5.02 Å². The molecule has 5 heteroatoms. The van der Waals surface area contributed by atoms with E-state index < -0.39 is 0 Å². The molecule has 1 aromatic rings. The summed E-state index contributed by atoms with van der Waals surface area (Å²) >= 11 is 5.70. The van der Waals surface area contributed by atoms with E-state index in [1.807, 2.05) is 0 Å². The summed E-state index contributed by atoms with van der Waals surface area (Å²) < 4.78 is 5.12. The maximum atomic E-state index is 11.8. The molecule has 1 saturated carbocycles. The van der Waals surface area contributed by atoms with Crippen LogP contribution in [0.25, 0.3) is 0 Å². The monoisotopic (exact) mass is 255 g/mol. The number of rotatable bonds is 3. The molecular weight excluding hydrogens is 242 g/mol. The summed E-state index contributed by atoms with van der Waals surface area (Å²) in [5.41, 5.74) is 0.246. The molecule has 0 heterocycles. The highest BCUT2D eigenvalue weighted by molar-refractivity contribution is 6.30. The Labute approximate surface area is 105 Å². The van der Waals surface area contributed by atoms with Gasteiger partial charge in [-0.15, -0.1) is 0 Å². The summed E-state index contributed by atoms with van der Waals surface area (Å²) in [5, 5.41) is 12.8. The number of aromatic hydroxyl groups is 1. The summed E-state index contributed by atoms with van der Waals surface area (Å²) in [6.07, 6.45) is 1.87. The molecule has 17 heavy (non-hydrogen) atoms. The van der Waals surface area contributed by atoms with Crippen molar-refractivity contribution in [3.05, 3.63) is 28.8 Å². The molecule has 0 unspecified atom stereocenters. The Bertz CT molecular complexity index is 430. The van der Waals surface area contributed by atoms with Crippen LogP contribution in [-0.2, 0) is 4.74 Å². The first kappa shape index (κ1) is 12.2. The lowest BCUT2D eigenvalue weighted by Gasteiger charge is -2.34. The van der Waals surface area contributed by atoms with Gasteiger partial charge in [-0.1, -0.05) is 11.6 Å². The van der Waals surface area contributed by atoms with Crippen molar-refractivity contribution in [1.29, 1.82) is 0 Å². The number of hydrogen-bond acceptors (Lipinski definition) is 3. The molecule has 4 nitrogen and oxygen atoms in total. The number of phenols is 1. The van der Waals surface area contributed by atoms with Crippen molar-refractivity contribution in [2.45, 2.75) is 25.0 Å². The third-order valence-electron chi connectivity index (χ3n) is 2.97. The quantitative estimate of drug-likeness (QED) is 0.868. The molecule has 0 atom stereocenters. The van der Waals surface area contributed by atoms with Crippen LogP contribution < -0.4 is 5.32 Å². The van der Waals surface area contributed by atoms with E-state index in [2.05, 4.69) is 5.32 Å². The number of phenolic OH excluding ortho intramolecular Hbond substituents is 1. The summed E-state index contributed by atoms with van der Waals surface area (Å²) in [6.45, 7) is 0. The predicted molar refractivity (Wildman–Crippen MR) is 64.4 cm³/mol. The van der Waals surface area contributed by atoms with Crippen LogP contribution in [0.15, 0.2) is 18.2 Å². The van der Waals surface area contributed by atoms with Gasteiger partial charge in [0.25, 0.3) is 5.91 Å². The Hall–Kier alpha value is -1.26. The molecule has 2 rings (SSSR count). The first-order valence-electron chi connectivity index (χ1n) is 5.42. The van der Waals surface area contributed by atoms with Gasteiger partial charge in [0.2, 0.25) is 0 Å². The van der Waals surface area contributed by atoms with E-state index in [0.717, 1.165) is 12.8 Å². The van der Waals surface area contributed by atoms with Gasteiger partial charge < -0.3 is 15.2 Å². The van der Waals surface area contributed by atoms with Crippen LogP contribution in [0, 0.1) is 0 Å². The Balaban J connectivity index is 1.96. The first-order valence-corrected chi connectivity index (χ1v) is 5.80. The third kappa shape index (κ3) is 2.70. The van der Waals surface area contributed by atoms with Gasteiger partial charge >= 0.3 is 0 Å². The zero-order valence-electron chi connectivity index (χ0n) is 9.44. The van der Waals surface area contributed by atoms with Gasteiger partial charge in [-0.05, 0) is 31.0 Å². The second-order valence-electron chi connectivity index (χ2n) is 4.16. The zero-order valence-corrected chi connectivity index (χ0v) is 10.2. The normalized spacial score (nSPS) is 22.9. The second-order valence-corrected chi connectivity index (χ2v) is 4.60. The molecule has 1 aromatic carbocycles. The van der Waals surface area contributed by atoms with Crippen molar-refractivity contribution < 1.29 is 14.6 Å². The maximum absolute atomic E-state index is 11.8. The fourth-order valence-corrected chi connectivity index (χ4v) is 2.00. The molecule has 1 amide bonds. The van der Waals surface area contributed by atoms with Crippen molar-refractivity contribution in [3.8, 4) is 5.75 Å². The summed E-state index contributed by atoms with van der Waals surface area (Å²) in [6, 6.07) is 4.58. The van der Waals surface area contributed by atoms with Gasteiger partial charge in [0, 0.05) is 18.2 Å². The Morgan fingerprint density at radius 1 is 1.53 bits per heavy atom. The predicted octanol–water partition coefficient (Wildman–Crippen LogP) is 1.95. The van der Waals surface area contributed by atoms with Crippen LogP contribution in [0.3, 0.4) is 0 Å². The zero-order chi connectivity index (χ0) is 12.4. The average Bonchev–Trinajstić information content (AvgIpc) is 2.22. The van der Waals surface area contributed by atoms with Crippen LogP contribution in [0.4, 0.5) is 0 Å². The molecule has 92 valence electrons. The topological polar surface area (TPSA) is 58.6 Å². The van der Waals surface area contributed by atoms with E-state index in [0.29, 0.717) is 5.02 Å². The number of halogens is 1. The molecule has 0 spiro atoms. The number of hydrogen-bond donors (Lipinski definition) is 2. The highest BCUT2D eigenvalue weighted by atomic mass is 35.5. The molecular formula is C12H14ClNO3. The van der Waals surface area contributed by atoms with Crippen molar-refractivity contribution >= 4 is 17.5 Å². The van der Waals surface area contributed by atoms with E-state index in [1.54, 1.807) is 13.2 Å². The summed E-state index contributed by atoms with van der Waals surface area (Å²) in [7, 11) is 1.66. The Morgan fingerprint density at radius 2 is 2.24 bits per heavy atom. The van der Waals surface area contributed by atoms with Crippen LogP contribution >= 0.6 is 11.6 Å². The molecule has 0 aromatic heterocycles. The molecule has 0 radical (unpaired) electrons. The van der Waals surface area contributed by atoms with Gasteiger partial charge in [0.15, 0.2) is 0 Å². The fraction of sp³-hybridized carbons (Fsp3) is 0.417. The molecule has 1 aliphatic carbocycles. The SMILES string of the molecule is COC1CC(NC(=O)c2ccc(Cl)cc2O)C1. The fourth-order valence-electron chi connectivity index (χ4n) is 1.84. The molecule has 0 aliphatic heterocycles. The van der Waals surface area contributed by atoms with Gasteiger partial charge in [-0.25, -0.2) is 0 Å². The van der Waals surface area contributed by atoms with Gasteiger partial charge in [0.05, 0.1) is 11.7 Å². The molecule has 1 fully saturated rings. The number of ether oxygens (including phenoxy) is 1. The number of carbonyl (C=O) groups is 1. The highest BCUT2D eigenvalue weighted by Crippen LogP contribution is 2.25. The first-order chi connectivity index (χ1) is 8.10. The van der Waals surface area contributed by atoms with Crippen molar-refractivity contribution in [1.82, 2.24) is 5.32 Å². The van der Waals surface area contributed by atoms with Gasteiger partial charge in [-0.2, -0.15) is 0 Å². The number of amides is 1. The minimum atomic E-state index is -0.279. The van der Waals surface area contributed by atoms with E-state index in [-0.39, 0.29) is 29.4 Å². The lowest BCUT2D eigenvalue weighted by atomic mass is 9.89. The number of methoxy groups -OCH3 is 1. The number of carbonyl (C=O) groups excluding carboxylic acids is 1. The Morgan fingerprint density at radius 3 is 2.82 bits per heavy atom. The molecule has 0 saturated heterocycles. The largest absolute Gasteiger partial charge is 0.507 e. The lowest BCUT2D eigenvalue weighted by Crippen LogP contribution is -2.47. The van der Waals surface area contributed by atoms with Crippen molar-refractivity contribution in [2.75, 3.05) is 7.11 Å². The number of nitrogens with one attached hydrogen (secondary N) is 1. The number of benzene rings is 1. The van der Waals surface area contributed by atoms with Gasteiger partial charge in [-0.3, -0.25) is 4.79 Å². The van der Waals surface area contributed by atoms with E-state index >= 15 is 0 Å². The maximum Gasteiger partial charge on any atom is 0.255 e. The minimum Gasteiger partial charge on any atom is -0.507 e. The van der Waals surface area contributed by atoms with Crippen LogP contribution in [-0.4, -0.2) is 30.3 Å². The summed E-state index contributed by atoms with van der Waals surface area (Å²) in [5.74, 6) is -0.378. The van der Waals surface area contributed by atoms with E-state index in [9.17, 15) is 9.90 Å². The molecule has 0 bridgehead atoms. The van der Waals surface area contributed by atoms with Crippen molar-refractivity contribution in [3.63, 3.8) is 0 Å².